The van der Waals surface area contributed by atoms with Crippen molar-refractivity contribution in [3.63, 3.8) is 0 Å². The Labute approximate surface area is 177 Å². The Balaban J connectivity index is 0.00000312. The first kappa shape index (κ1) is 22.3. The second-order valence-electron chi connectivity index (χ2n) is 6.89. The number of hydrogen-bond donors (Lipinski definition) is 0. The summed E-state index contributed by atoms with van der Waals surface area (Å²) in [6.07, 6.45) is 2.01. The Morgan fingerprint density at radius 3 is 2.12 bits per heavy atom. The summed E-state index contributed by atoms with van der Waals surface area (Å²) >= 11 is 0. The molecule has 1 amide bonds. The van der Waals surface area contributed by atoms with Crippen LogP contribution in [0.1, 0.15) is 50.3 Å². The first-order valence-corrected chi connectivity index (χ1v) is 9.12. The Bertz CT molecular complexity index is 630. The minimum absolute atomic E-state index is 0. The van der Waals surface area contributed by atoms with Gasteiger partial charge in [0.15, 0.2) is 6.04 Å². The van der Waals surface area contributed by atoms with E-state index in [9.17, 15) is 4.79 Å². The summed E-state index contributed by atoms with van der Waals surface area (Å²) in [5, 5.41) is 9.15. The smallest absolute Gasteiger partial charge is 0.285 e. The van der Waals surface area contributed by atoms with Crippen LogP contribution in [-0.4, -0.2) is 42.6 Å². The van der Waals surface area contributed by atoms with Crippen LogP contribution < -0.4 is 4.90 Å². The molecule has 0 bridgehead atoms. The van der Waals surface area contributed by atoms with Crippen LogP contribution in [0.15, 0.2) is 12.1 Å². The second-order valence-corrected chi connectivity index (χ2v) is 6.89. The van der Waals surface area contributed by atoms with Gasteiger partial charge in [-0.25, -0.2) is 0 Å². The van der Waals surface area contributed by atoms with Crippen molar-refractivity contribution in [2.45, 2.75) is 53.5 Å². The van der Waals surface area contributed by atoms with Crippen LogP contribution in [0.5, 0.6) is 0 Å². The fraction of sp³-hybridized carbons (Fsp3) is 0.600. The van der Waals surface area contributed by atoms with E-state index in [-0.39, 0.29) is 44.7 Å². The molecule has 0 N–H and O–H groups in total. The zero-order valence-corrected chi connectivity index (χ0v) is 19.1. The molecule has 1 fully saturated rings. The van der Waals surface area contributed by atoms with Crippen molar-refractivity contribution >= 4 is 11.6 Å². The van der Waals surface area contributed by atoms with Crippen molar-refractivity contribution in [1.82, 2.24) is 0 Å². The van der Waals surface area contributed by atoms with Gasteiger partial charge in [0.05, 0.1) is 31.3 Å². The SMILES string of the molecule is CC[N+](CC)(CC)C1CCCN(c2c(C)cc(C#N)cc2C)C1=O.[Y]. The molecular weight excluding hydrogens is 387 g/mol. The van der Waals surface area contributed by atoms with E-state index >= 15 is 0 Å². The molecule has 1 unspecified atom stereocenters. The van der Waals surface area contributed by atoms with Crippen LogP contribution in [0.25, 0.3) is 0 Å². The molecule has 5 heteroatoms. The third-order valence-electron chi connectivity index (χ3n) is 5.85. The summed E-state index contributed by atoms with van der Waals surface area (Å²) in [4.78, 5) is 15.3. The third-order valence-corrected chi connectivity index (χ3v) is 5.85. The van der Waals surface area contributed by atoms with Crippen molar-refractivity contribution in [2.24, 2.45) is 0 Å². The van der Waals surface area contributed by atoms with Gasteiger partial charge >= 0.3 is 0 Å². The van der Waals surface area contributed by atoms with E-state index in [0.717, 1.165) is 60.3 Å². The van der Waals surface area contributed by atoms with Gasteiger partial charge in [-0.05, 0) is 64.3 Å². The maximum Gasteiger partial charge on any atom is 0.285 e. The topological polar surface area (TPSA) is 44.1 Å². The summed E-state index contributed by atoms with van der Waals surface area (Å²) in [6.45, 7) is 14.3. The molecule has 25 heavy (non-hydrogen) atoms. The van der Waals surface area contributed by atoms with Crippen LogP contribution in [0.4, 0.5) is 5.69 Å². The predicted molar refractivity (Wildman–Crippen MR) is 97.9 cm³/mol. The fourth-order valence-electron chi connectivity index (χ4n) is 4.36. The van der Waals surface area contributed by atoms with Gasteiger partial charge in [-0.2, -0.15) is 5.26 Å². The minimum atomic E-state index is 0. The second kappa shape index (κ2) is 9.26. The number of carbonyl (C=O) groups is 1. The van der Waals surface area contributed by atoms with Crippen LogP contribution in [0.3, 0.4) is 0 Å². The number of aryl methyl sites for hydroxylation is 2. The molecule has 1 aliphatic heterocycles. The molecule has 2 rings (SSSR count). The zero-order valence-electron chi connectivity index (χ0n) is 16.3. The molecule has 0 saturated carbocycles. The van der Waals surface area contributed by atoms with Crippen molar-refractivity contribution in [1.29, 1.82) is 5.26 Å². The number of nitriles is 1. The molecule has 1 saturated heterocycles. The number of amides is 1. The van der Waals surface area contributed by atoms with Crippen LogP contribution in [0.2, 0.25) is 0 Å². The first-order valence-electron chi connectivity index (χ1n) is 9.12. The summed E-state index contributed by atoms with van der Waals surface area (Å²) in [5.41, 5.74) is 3.70. The Morgan fingerprint density at radius 1 is 1.16 bits per heavy atom. The minimum Gasteiger partial charge on any atom is -0.314 e. The van der Waals surface area contributed by atoms with Crippen LogP contribution >= 0.6 is 0 Å². The summed E-state index contributed by atoms with van der Waals surface area (Å²) in [7, 11) is 0. The molecule has 1 radical (unpaired) electrons. The Morgan fingerprint density at radius 2 is 1.68 bits per heavy atom. The van der Waals surface area contributed by atoms with Gasteiger partial charge in [0, 0.05) is 51.4 Å². The molecule has 133 valence electrons. The molecular formula is C20H30N3OY+. The Kier molecular flexibility index (Phi) is 8.25. The van der Waals surface area contributed by atoms with Gasteiger partial charge < -0.3 is 9.38 Å². The maximum absolute atomic E-state index is 13.4. The predicted octanol–water partition coefficient (Wildman–Crippen LogP) is 3.54. The van der Waals surface area contributed by atoms with Crippen molar-refractivity contribution in [2.75, 3.05) is 31.1 Å². The number of quaternary nitrogens is 1. The number of nitrogens with zero attached hydrogens (tertiary/aromatic N) is 3. The van der Waals surface area contributed by atoms with Gasteiger partial charge in [0.2, 0.25) is 0 Å². The number of carbonyl (C=O) groups excluding carboxylic acids is 1. The summed E-state index contributed by atoms with van der Waals surface area (Å²) in [6, 6.07) is 6.03. The van der Waals surface area contributed by atoms with Gasteiger partial charge in [-0.3, -0.25) is 4.79 Å². The molecule has 4 nitrogen and oxygen atoms in total. The van der Waals surface area contributed by atoms with Gasteiger partial charge in [0.1, 0.15) is 0 Å². The van der Waals surface area contributed by atoms with E-state index < -0.39 is 0 Å². The standard InChI is InChI=1S/C20H30N3O.Y/c1-6-23(7-2,8-3)18-10-9-11-22(20(18)24)19-15(4)12-17(14-21)13-16(19)5;/h12-13,18H,6-11H2,1-5H3;/q+1;. The van der Waals surface area contributed by atoms with E-state index in [1.165, 1.54) is 0 Å². The zero-order chi connectivity index (χ0) is 17.9. The van der Waals surface area contributed by atoms with E-state index in [4.69, 9.17) is 5.26 Å². The van der Waals surface area contributed by atoms with Gasteiger partial charge in [0.25, 0.3) is 5.91 Å². The van der Waals surface area contributed by atoms with Gasteiger partial charge in [-0.1, -0.05) is 0 Å². The molecule has 1 aliphatic rings. The van der Waals surface area contributed by atoms with Crippen LogP contribution in [-0.2, 0) is 37.5 Å². The number of benzene rings is 1. The largest absolute Gasteiger partial charge is 0.314 e. The van der Waals surface area contributed by atoms with Gasteiger partial charge in [-0.15, -0.1) is 0 Å². The summed E-state index contributed by atoms with van der Waals surface area (Å²) in [5.74, 6) is 0.253. The number of piperidine rings is 1. The molecule has 1 atom stereocenters. The van der Waals surface area contributed by atoms with E-state index in [0.29, 0.717) is 5.56 Å². The molecule has 0 aromatic heterocycles. The van der Waals surface area contributed by atoms with Crippen molar-refractivity contribution in [3.8, 4) is 6.07 Å². The number of rotatable bonds is 5. The normalized spacial score (nSPS) is 17.8. The number of likely N-dealkylation sites (N-methyl/N-ethyl adjacent to an activating group) is 1. The van der Waals surface area contributed by atoms with Crippen molar-refractivity contribution < 1.29 is 42.0 Å². The number of anilines is 1. The Hall–Kier alpha value is -0.756. The molecule has 1 aromatic rings. The average Bonchev–Trinajstić information content (AvgIpc) is 2.58. The van der Waals surface area contributed by atoms with Crippen LogP contribution in [0, 0.1) is 25.2 Å². The van der Waals surface area contributed by atoms with E-state index in [1.54, 1.807) is 0 Å². The van der Waals surface area contributed by atoms with E-state index in [1.807, 2.05) is 30.9 Å². The third kappa shape index (κ3) is 4.16. The molecule has 0 spiro atoms. The quantitative estimate of drug-likeness (QED) is 0.688. The fourth-order valence-corrected chi connectivity index (χ4v) is 4.36. The molecule has 1 aromatic carbocycles. The average molecular weight is 417 g/mol. The number of hydrogen-bond acceptors (Lipinski definition) is 2. The monoisotopic (exact) mass is 417 g/mol. The summed E-state index contributed by atoms with van der Waals surface area (Å²) < 4.78 is 0.865. The molecule has 1 heterocycles. The first-order chi connectivity index (χ1) is 11.4. The molecule has 0 aliphatic carbocycles. The van der Waals surface area contributed by atoms with Crippen molar-refractivity contribution in [3.05, 3.63) is 28.8 Å². The maximum atomic E-state index is 13.4. The van der Waals surface area contributed by atoms with E-state index in [2.05, 4.69) is 26.8 Å².